The van der Waals surface area contributed by atoms with Gasteiger partial charge in [0.1, 0.15) is 6.54 Å². The normalized spacial score (nSPS) is 15.2. The molecule has 7 nitrogen and oxygen atoms in total. The van der Waals surface area contributed by atoms with Crippen LogP contribution in [0, 0.1) is 12.8 Å². The van der Waals surface area contributed by atoms with Crippen molar-refractivity contribution in [1.82, 2.24) is 29.8 Å². The molecule has 0 saturated heterocycles. The first kappa shape index (κ1) is 17.7. The summed E-state index contributed by atoms with van der Waals surface area (Å²) >= 11 is 0. The van der Waals surface area contributed by atoms with Crippen LogP contribution in [-0.2, 0) is 31.0 Å². The zero-order valence-electron chi connectivity index (χ0n) is 15.4. The summed E-state index contributed by atoms with van der Waals surface area (Å²) in [5.74, 6) is 0.621. The smallest absolute Gasteiger partial charge is 0.242 e. The number of carbonyl (C=O) groups excluding carboxylic acids is 1. The minimum Gasteiger partial charge on any atom is -0.349 e. The molecule has 0 aliphatic carbocycles. The lowest BCUT2D eigenvalue weighted by Crippen LogP contribution is -2.28. The molecular formula is C18H28N6O. The van der Waals surface area contributed by atoms with Gasteiger partial charge in [-0.25, -0.2) is 0 Å². The van der Waals surface area contributed by atoms with Crippen LogP contribution >= 0.6 is 0 Å². The highest BCUT2D eigenvalue weighted by molar-refractivity contribution is 5.75. The Hall–Kier alpha value is -2.15. The van der Waals surface area contributed by atoms with Crippen molar-refractivity contribution in [3.8, 4) is 0 Å². The zero-order chi connectivity index (χ0) is 17.8. The van der Waals surface area contributed by atoms with Gasteiger partial charge < -0.3 is 5.32 Å². The van der Waals surface area contributed by atoms with Gasteiger partial charge in [0, 0.05) is 38.1 Å². The first-order valence-corrected chi connectivity index (χ1v) is 9.04. The molecule has 0 aromatic carbocycles. The molecule has 3 heterocycles. The number of nitrogens with zero attached hydrogens (tertiary/aromatic N) is 5. The highest BCUT2D eigenvalue weighted by Gasteiger charge is 2.17. The van der Waals surface area contributed by atoms with Gasteiger partial charge in [0.25, 0.3) is 0 Å². The number of amides is 1. The van der Waals surface area contributed by atoms with Crippen LogP contribution in [0.4, 0.5) is 0 Å². The fraction of sp³-hybridized carbons (Fsp3) is 0.611. The van der Waals surface area contributed by atoms with E-state index in [9.17, 15) is 4.79 Å². The fourth-order valence-electron chi connectivity index (χ4n) is 3.29. The van der Waals surface area contributed by atoms with Crippen LogP contribution in [0.5, 0.6) is 0 Å². The van der Waals surface area contributed by atoms with E-state index >= 15 is 0 Å². The second-order valence-electron chi connectivity index (χ2n) is 7.24. The van der Waals surface area contributed by atoms with Gasteiger partial charge in [-0.3, -0.25) is 19.1 Å². The van der Waals surface area contributed by atoms with E-state index in [1.165, 1.54) is 5.69 Å². The average Bonchev–Trinajstić information content (AvgIpc) is 3.07. The van der Waals surface area contributed by atoms with Gasteiger partial charge in [-0.2, -0.15) is 10.2 Å². The molecule has 0 bridgehead atoms. The third kappa shape index (κ3) is 4.69. The number of hydrogen-bond donors (Lipinski definition) is 1. The van der Waals surface area contributed by atoms with Crippen molar-refractivity contribution in [3.63, 3.8) is 0 Å². The van der Waals surface area contributed by atoms with E-state index in [0.717, 1.165) is 44.0 Å². The maximum Gasteiger partial charge on any atom is 0.242 e. The van der Waals surface area contributed by atoms with Crippen molar-refractivity contribution < 1.29 is 4.79 Å². The van der Waals surface area contributed by atoms with Gasteiger partial charge in [0.15, 0.2) is 0 Å². The summed E-state index contributed by atoms with van der Waals surface area (Å²) in [6.45, 7) is 11.3. The molecule has 3 rings (SSSR count). The largest absolute Gasteiger partial charge is 0.349 e. The standard InChI is InChI=1S/C18H28N6O/c1-14(2)11-22-7-4-8-23-17(12-22)9-16(21-23)10-19-18(25)13-24-15(3)5-6-20-24/h5-6,9,14H,4,7-8,10-13H2,1-3H3,(H,19,25). The van der Waals surface area contributed by atoms with E-state index in [4.69, 9.17) is 0 Å². The Balaban J connectivity index is 1.56. The van der Waals surface area contributed by atoms with Gasteiger partial charge >= 0.3 is 0 Å². The quantitative estimate of drug-likeness (QED) is 0.864. The lowest BCUT2D eigenvalue weighted by Gasteiger charge is -2.21. The maximum absolute atomic E-state index is 12.1. The summed E-state index contributed by atoms with van der Waals surface area (Å²) in [6.07, 6.45) is 2.82. The van der Waals surface area contributed by atoms with E-state index in [0.29, 0.717) is 12.5 Å². The second-order valence-corrected chi connectivity index (χ2v) is 7.24. The highest BCUT2D eigenvalue weighted by atomic mass is 16.2. The van der Waals surface area contributed by atoms with Crippen LogP contribution in [0.2, 0.25) is 0 Å². The summed E-state index contributed by atoms with van der Waals surface area (Å²) < 4.78 is 3.79. The minimum atomic E-state index is -0.0450. The number of aryl methyl sites for hydroxylation is 2. The van der Waals surface area contributed by atoms with Crippen LogP contribution in [0.1, 0.15) is 37.4 Å². The van der Waals surface area contributed by atoms with Crippen molar-refractivity contribution in [2.24, 2.45) is 5.92 Å². The Bertz CT molecular complexity index is 717. The predicted molar refractivity (Wildman–Crippen MR) is 95.8 cm³/mol. The van der Waals surface area contributed by atoms with Crippen LogP contribution in [0.25, 0.3) is 0 Å². The summed E-state index contributed by atoms with van der Waals surface area (Å²) in [6, 6.07) is 4.01. The first-order valence-electron chi connectivity index (χ1n) is 9.04. The van der Waals surface area contributed by atoms with E-state index in [1.807, 2.05) is 13.0 Å². The number of aromatic nitrogens is 4. The molecule has 7 heteroatoms. The lowest BCUT2D eigenvalue weighted by molar-refractivity contribution is -0.122. The van der Waals surface area contributed by atoms with Crippen LogP contribution in [-0.4, -0.2) is 43.5 Å². The summed E-state index contributed by atoms with van der Waals surface area (Å²) in [5.41, 5.74) is 3.14. The van der Waals surface area contributed by atoms with Crippen molar-refractivity contribution in [2.75, 3.05) is 13.1 Å². The predicted octanol–water partition coefficient (Wildman–Crippen LogP) is 1.57. The Morgan fingerprint density at radius 3 is 2.92 bits per heavy atom. The molecule has 2 aromatic heterocycles. The third-order valence-electron chi connectivity index (χ3n) is 4.46. The lowest BCUT2D eigenvalue weighted by atomic mass is 10.2. The van der Waals surface area contributed by atoms with Crippen molar-refractivity contribution >= 4 is 5.91 Å². The molecule has 136 valence electrons. The zero-order valence-corrected chi connectivity index (χ0v) is 15.4. The van der Waals surface area contributed by atoms with E-state index in [2.05, 4.69) is 45.0 Å². The van der Waals surface area contributed by atoms with Crippen LogP contribution < -0.4 is 5.32 Å². The van der Waals surface area contributed by atoms with E-state index in [1.54, 1.807) is 10.9 Å². The van der Waals surface area contributed by atoms with Crippen LogP contribution in [0.3, 0.4) is 0 Å². The summed E-state index contributed by atoms with van der Waals surface area (Å²) in [7, 11) is 0. The molecule has 2 aromatic rings. The van der Waals surface area contributed by atoms with E-state index < -0.39 is 0 Å². The van der Waals surface area contributed by atoms with Crippen molar-refractivity contribution in [1.29, 1.82) is 0 Å². The molecule has 0 saturated carbocycles. The number of nitrogens with one attached hydrogen (secondary N) is 1. The van der Waals surface area contributed by atoms with Gasteiger partial charge in [0.05, 0.1) is 17.9 Å². The molecule has 0 atom stereocenters. The summed E-state index contributed by atoms with van der Waals surface area (Å²) in [5, 5.41) is 11.7. The molecule has 0 fully saturated rings. The Kier molecular flexibility index (Phi) is 5.53. The van der Waals surface area contributed by atoms with Gasteiger partial charge in [0.2, 0.25) is 5.91 Å². The van der Waals surface area contributed by atoms with Gasteiger partial charge in [-0.1, -0.05) is 13.8 Å². The minimum absolute atomic E-state index is 0.0450. The summed E-state index contributed by atoms with van der Waals surface area (Å²) in [4.78, 5) is 14.6. The molecular weight excluding hydrogens is 316 g/mol. The fourth-order valence-corrected chi connectivity index (χ4v) is 3.29. The maximum atomic E-state index is 12.1. The van der Waals surface area contributed by atoms with Gasteiger partial charge in [-0.05, 0) is 31.4 Å². The topological polar surface area (TPSA) is 68.0 Å². The molecule has 1 N–H and O–H groups in total. The molecule has 0 spiro atoms. The molecule has 1 amide bonds. The Morgan fingerprint density at radius 1 is 1.36 bits per heavy atom. The molecule has 1 aliphatic heterocycles. The number of fused-ring (bicyclic) bond motifs is 1. The second kappa shape index (κ2) is 7.82. The van der Waals surface area contributed by atoms with Crippen molar-refractivity contribution in [2.45, 2.75) is 53.4 Å². The SMILES string of the molecule is Cc1ccnn1CC(=O)NCc1cc2n(n1)CCCN(CC(C)C)C2. The number of carbonyl (C=O) groups is 1. The first-order chi connectivity index (χ1) is 12.0. The Labute approximate surface area is 149 Å². The van der Waals surface area contributed by atoms with Crippen LogP contribution in [0.15, 0.2) is 18.3 Å². The molecule has 1 aliphatic rings. The number of hydrogen-bond acceptors (Lipinski definition) is 4. The monoisotopic (exact) mass is 344 g/mol. The molecule has 0 unspecified atom stereocenters. The Morgan fingerprint density at radius 2 is 2.20 bits per heavy atom. The number of rotatable bonds is 6. The molecule has 0 radical (unpaired) electrons. The van der Waals surface area contributed by atoms with Gasteiger partial charge in [-0.15, -0.1) is 0 Å². The van der Waals surface area contributed by atoms with E-state index in [-0.39, 0.29) is 12.5 Å². The third-order valence-corrected chi connectivity index (χ3v) is 4.46. The average molecular weight is 344 g/mol. The van der Waals surface area contributed by atoms with Crippen molar-refractivity contribution in [3.05, 3.63) is 35.4 Å². The highest BCUT2D eigenvalue weighted by Crippen LogP contribution is 2.15. The molecule has 25 heavy (non-hydrogen) atoms.